The topological polar surface area (TPSA) is 52.6 Å². The molecule has 15 heavy (non-hydrogen) atoms. The number of nitrogens with one attached hydrogen (secondary N) is 1. The molecule has 2 rings (SSSR count). The maximum atomic E-state index is 11.7. The Morgan fingerprint density at radius 1 is 1.47 bits per heavy atom. The fraction of sp³-hybridized carbons (Fsp3) is 0.364. The molecule has 0 spiro atoms. The zero-order valence-corrected chi connectivity index (χ0v) is 8.82. The Kier molecular flexibility index (Phi) is 2.16. The molecule has 0 atom stereocenters. The van der Waals surface area contributed by atoms with Gasteiger partial charge in [0.15, 0.2) is 0 Å². The molecular formula is C11H14N2O2. The molecule has 2 N–H and O–H groups in total. The highest BCUT2D eigenvalue weighted by molar-refractivity contribution is 5.95. The fourth-order valence-electron chi connectivity index (χ4n) is 1.70. The quantitative estimate of drug-likeness (QED) is 0.730. The number of carbonyl (C=O) groups is 1. The first kappa shape index (κ1) is 9.98. The van der Waals surface area contributed by atoms with Gasteiger partial charge in [0.25, 0.3) is 0 Å². The van der Waals surface area contributed by atoms with Crippen LogP contribution in [0.15, 0.2) is 24.3 Å². The molecule has 80 valence electrons. The van der Waals surface area contributed by atoms with E-state index in [1.54, 1.807) is 24.3 Å². The van der Waals surface area contributed by atoms with E-state index in [4.69, 9.17) is 0 Å². The first-order chi connectivity index (χ1) is 6.98. The van der Waals surface area contributed by atoms with Gasteiger partial charge < -0.3 is 5.11 Å². The number of nitrogens with zero attached hydrogens (tertiary/aromatic N) is 1. The van der Waals surface area contributed by atoms with Gasteiger partial charge in [-0.05, 0) is 26.0 Å². The summed E-state index contributed by atoms with van der Waals surface area (Å²) in [5.74, 6) is 0.178. The van der Waals surface area contributed by atoms with Crippen LogP contribution in [0.5, 0.6) is 5.75 Å². The van der Waals surface area contributed by atoms with Crippen molar-refractivity contribution in [2.75, 3.05) is 5.01 Å². The number of hydrogen-bond donors (Lipinski definition) is 2. The van der Waals surface area contributed by atoms with Gasteiger partial charge in [0.2, 0.25) is 5.91 Å². The van der Waals surface area contributed by atoms with Crippen molar-refractivity contribution in [1.82, 2.24) is 5.43 Å². The lowest BCUT2D eigenvalue weighted by Gasteiger charge is -2.21. The van der Waals surface area contributed by atoms with E-state index in [-0.39, 0.29) is 17.2 Å². The number of phenolic OH excluding ortho intramolecular Hbond substituents is 1. The zero-order valence-electron chi connectivity index (χ0n) is 8.82. The highest BCUT2D eigenvalue weighted by atomic mass is 16.3. The molecule has 0 aliphatic carbocycles. The zero-order chi connectivity index (χ0) is 11.1. The van der Waals surface area contributed by atoms with Crippen molar-refractivity contribution in [2.45, 2.75) is 25.8 Å². The van der Waals surface area contributed by atoms with Crippen molar-refractivity contribution in [1.29, 1.82) is 0 Å². The van der Waals surface area contributed by atoms with E-state index in [1.807, 2.05) is 13.8 Å². The van der Waals surface area contributed by atoms with Crippen molar-refractivity contribution in [3.63, 3.8) is 0 Å². The molecule has 0 bridgehead atoms. The smallest absolute Gasteiger partial charge is 0.243 e. The Morgan fingerprint density at radius 3 is 2.73 bits per heavy atom. The summed E-state index contributed by atoms with van der Waals surface area (Å²) in [5.41, 5.74) is 3.55. The summed E-state index contributed by atoms with van der Waals surface area (Å²) in [5, 5.41) is 10.8. The predicted molar refractivity (Wildman–Crippen MR) is 57.4 cm³/mol. The summed E-state index contributed by atoms with van der Waals surface area (Å²) in [6, 6.07) is 6.64. The van der Waals surface area contributed by atoms with Crippen LogP contribution in [-0.2, 0) is 4.79 Å². The van der Waals surface area contributed by atoms with Crippen LogP contribution >= 0.6 is 0 Å². The number of rotatable bonds is 1. The van der Waals surface area contributed by atoms with E-state index in [0.29, 0.717) is 12.1 Å². The molecule has 1 aromatic carbocycles. The third-order valence-electron chi connectivity index (χ3n) is 2.34. The molecule has 1 aliphatic heterocycles. The van der Waals surface area contributed by atoms with Gasteiger partial charge in [0, 0.05) is 18.0 Å². The maximum absolute atomic E-state index is 11.7. The van der Waals surface area contributed by atoms with Gasteiger partial charge in [-0.15, -0.1) is 0 Å². The Balaban J connectivity index is 2.29. The number of aromatic hydroxyl groups is 1. The molecule has 1 fully saturated rings. The second-order valence-electron chi connectivity index (χ2n) is 4.42. The van der Waals surface area contributed by atoms with E-state index >= 15 is 0 Å². The van der Waals surface area contributed by atoms with Gasteiger partial charge in [-0.1, -0.05) is 6.07 Å². The van der Waals surface area contributed by atoms with Gasteiger partial charge in [-0.3, -0.25) is 4.79 Å². The van der Waals surface area contributed by atoms with Crippen LogP contribution in [0.2, 0.25) is 0 Å². The van der Waals surface area contributed by atoms with E-state index in [2.05, 4.69) is 5.43 Å². The lowest BCUT2D eigenvalue weighted by Crippen LogP contribution is -2.42. The minimum absolute atomic E-state index is 0.0191. The Bertz CT molecular complexity index is 401. The number of anilines is 1. The summed E-state index contributed by atoms with van der Waals surface area (Å²) in [6.45, 7) is 3.93. The number of benzene rings is 1. The highest BCUT2D eigenvalue weighted by Crippen LogP contribution is 2.26. The minimum Gasteiger partial charge on any atom is -0.508 e. The monoisotopic (exact) mass is 206 g/mol. The lowest BCUT2D eigenvalue weighted by atomic mass is 10.0. The number of hydrogen-bond acceptors (Lipinski definition) is 3. The van der Waals surface area contributed by atoms with Crippen molar-refractivity contribution in [3.05, 3.63) is 24.3 Å². The predicted octanol–water partition coefficient (Wildman–Crippen LogP) is 1.41. The SMILES string of the molecule is CC1(C)CC(=O)N(c2cccc(O)c2)N1. The second-order valence-corrected chi connectivity index (χ2v) is 4.42. The number of carbonyl (C=O) groups excluding carboxylic acids is 1. The fourth-order valence-corrected chi connectivity index (χ4v) is 1.70. The molecule has 0 radical (unpaired) electrons. The first-order valence-electron chi connectivity index (χ1n) is 4.88. The summed E-state index contributed by atoms with van der Waals surface area (Å²) in [7, 11) is 0. The number of amides is 1. The van der Waals surface area contributed by atoms with Gasteiger partial charge >= 0.3 is 0 Å². The van der Waals surface area contributed by atoms with Gasteiger partial charge in [0.05, 0.1) is 5.69 Å². The standard InChI is InChI=1S/C11H14N2O2/c1-11(2)7-10(15)13(12-11)8-4-3-5-9(14)6-8/h3-6,12,14H,7H2,1-2H3. The minimum atomic E-state index is -0.220. The van der Waals surface area contributed by atoms with E-state index in [0.717, 1.165) is 0 Å². The molecule has 4 nitrogen and oxygen atoms in total. The Morgan fingerprint density at radius 2 is 2.20 bits per heavy atom. The van der Waals surface area contributed by atoms with Crippen LogP contribution in [0, 0.1) is 0 Å². The molecule has 1 aliphatic rings. The van der Waals surface area contributed by atoms with Crippen molar-refractivity contribution in [3.8, 4) is 5.75 Å². The Hall–Kier alpha value is -1.55. The van der Waals surface area contributed by atoms with Gasteiger partial charge in [0.1, 0.15) is 5.75 Å². The van der Waals surface area contributed by atoms with Gasteiger partial charge in [-0.2, -0.15) is 0 Å². The maximum Gasteiger partial charge on any atom is 0.243 e. The average molecular weight is 206 g/mol. The van der Waals surface area contributed by atoms with Gasteiger partial charge in [-0.25, -0.2) is 10.4 Å². The van der Waals surface area contributed by atoms with Crippen LogP contribution in [0.4, 0.5) is 5.69 Å². The molecule has 1 amide bonds. The summed E-state index contributed by atoms with van der Waals surface area (Å²) < 4.78 is 0. The molecule has 4 heteroatoms. The van der Waals surface area contributed by atoms with Crippen molar-refractivity contribution < 1.29 is 9.90 Å². The summed E-state index contributed by atoms with van der Waals surface area (Å²) >= 11 is 0. The molecule has 0 saturated carbocycles. The first-order valence-corrected chi connectivity index (χ1v) is 4.88. The molecule has 1 aromatic rings. The van der Waals surface area contributed by atoms with Crippen molar-refractivity contribution in [2.24, 2.45) is 0 Å². The van der Waals surface area contributed by atoms with Crippen LogP contribution in [0.1, 0.15) is 20.3 Å². The summed E-state index contributed by atoms with van der Waals surface area (Å²) in [4.78, 5) is 11.7. The molecular weight excluding hydrogens is 192 g/mol. The number of hydrazine groups is 1. The van der Waals surface area contributed by atoms with Crippen LogP contribution in [0.25, 0.3) is 0 Å². The van der Waals surface area contributed by atoms with Crippen LogP contribution in [0.3, 0.4) is 0 Å². The molecule has 0 aromatic heterocycles. The third-order valence-corrected chi connectivity index (χ3v) is 2.34. The highest BCUT2D eigenvalue weighted by Gasteiger charge is 2.35. The lowest BCUT2D eigenvalue weighted by molar-refractivity contribution is -0.117. The largest absolute Gasteiger partial charge is 0.508 e. The van der Waals surface area contributed by atoms with Crippen LogP contribution in [-0.4, -0.2) is 16.6 Å². The molecule has 1 heterocycles. The van der Waals surface area contributed by atoms with Crippen molar-refractivity contribution >= 4 is 11.6 Å². The van der Waals surface area contributed by atoms with E-state index in [1.165, 1.54) is 5.01 Å². The molecule has 1 saturated heterocycles. The van der Waals surface area contributed by atoms with E-state index < -0.39 is 0 Å². The Labute approximate surface area is 88.5 Å². The third kappa shape index (κ3) is 1.94. The average Bonchev–Trinajstić information content (AvgIpc) is 2.40. The normalized spacial score (nSPS) is 19.6. The summed E-state index contributed by atoms with van der Waals surface area (Å²) in [6.07, 6.45) is 0.461. The van der Waals surface area contributed by atoms with E-state index in [9.17, 15) is 9.90 Å². The molecule has 0 unspecified atom stereocenters. The number of phenols is 1. The van der Waals surface area contributed by atoms with Crippen LogP contribution < -0.4 is 10.4 Å². The second kappa shape index (κ2) is 3.24.